The first-order chi connectivity index (χ1) is 22.8. The Kier molecular flexibility index (Phi) is 11.0. The first-order valence-electron chi connectivity index (χ1n) is 15.6. The zero-order valence-corrected chi connectivity index (χ0v) is 26.4. The van der Waals surface area contributed by atoms with Gasteiger partial charge in [0.25, 0.3) is 5.91 Å². The molecule has 4 N–H and O–H groups in total. The molecule has 248 valence electrons. The summed E-state index contributed by atoms with van der Waals surface area (Å²) < 4.78 is 21.6. The van der Waals surface area contributed by atoms with Crippen LogP contribution >= 0.6 is 0 Å². The van der Waals surface area contributed by atoms with Crippen LogP contribution in [0.5, 0.6) is 0 Å². The average molecular weight is 645 g/mol. The van der Waals surface area contributed by atoms with E-state index in [-0.39, 0.29) is 43.9 Å². The highest BCUT2D eigenvalue weighted by Crippen LogP contribution is 2.40. The number of ether oxygens (including phenoxy) is 4. The molecule has 5 rings (SSSR count). The van der Waals surface area contributed by atoms with Crippen LogP contribution in [0, 0.1) is 0 Å². The monoisotopic (exact) mass is 644 g/mol. The predicted octanol–water partition coefficient (Wildman–Crippen LogP) is 2.07. The number of hydrogen-bond acceptors (Lipinski definition) is 10. The zero-order valence-electron chi connectivity index (χ0n) is 26.4. The lowest BCUT2D eigenvalue weighted by molar-refractivity contribution is -0.179. The number of rotatable bonds is 17. The van der Waals surface area contributed by atoms with E-state index in [9.17, 15) is 19.2 Å². The van der Waals surface area contributed by atoms with Crippen LogP contribution in [0.2, 0.25) is 0 Å². The van der Waals surface area contributed by atoms with Crippen LogP contribution in [-0.4, -0.2) is 75.3 Å². The van der Waals surface area contributed by atoms with E-state index in [1.54, 1.807) is 0 Å². The second-order valence-corrected chi connectivity index (χ2v) is 11.3. The topological polar surface area (TPSA) is 153 Å². The molecule has 0 radical (unpaired) electrons. The SMILES string of the molecule is COC(=O)CCCOC1NC(=O)C1(N[C@@H]1C(=O)N[C@H]1OCCCC(=O)OC)NC(c1ccccc1)(c1ccccc1)c1ccccc1. The van der Waals surface area contributed by atoms with Gasteiger partial charge >= 0.3 is 11.9 Å². The smallest absolute Gasteiger partial charge is 0.305 e. The normalized spacial score (nSPS) is 21.9. The summed E-state index contributed by atoms with van der Waals surface area (Å²) in [5, 5.41) is 12.5. The number of nitrogens with one attached hydrogen (secondary N) is 4. The highest BCUT2D eigenvalue weighted by atomic mass is 16.5. The van der Waals surface area contributed by atoms with Crippen LogP contribution in [0.1, 0.15) is 42.4 Å². The third-order valence-electron chi connectivity index (χ3n) is 8.36. The third kappa shape index (κ3) is 7.20. The van der Waals surface area contributed by atoms with Gasteiger partial charge in [0.15, 0.2) is 18.1 Å². The Balaban J connectivity index is 1.53. The molecular formula is C35H40N4O8. The van der Waals surface area contributed by atoms with Crippen molar-refractivity contribution >= 4 is 23.8 Å². The molecule has 0 spiro atoms. The second kappa shape index (κ2) is 15.3. The number of carbonyl (C=O) groups is 4. The Morgan fingerprint density at radius 2 is 1.19 bits per heavy atom. The molecule has 2 unspecified atom stereocenters. The molecule has 2 heterocycles. The summed E-state index contributed by atoms with van der Waals surface area (Å²) in [6.07, 6.45) is -0.673. The average Bonchev–Trinajstić information content (AvgIpc) is 3.11. The molecule has 2 saturated heterocycles. The minimum absolute atomic E-state index is 0.129. The van der Waals surface area contributed by atoms with Gasteiger partial charge in [0, 0.05) is 26.1 Å². The molecular weight excluding hydrogens is 604 g/mol. The van der Waals surface area contributed by atoms with E-state index < -0.39 is 35.6 Å². The van der Waals surface area contributed by atoms with Gasteiger partial charge in [-0.3, -0.25) is 29.8 Å². The van der Waals surface area contributed by atoms with Crippen molar-refractivity contribution in [1.29, 1.82) is 0 Å². The van der Waals surface area contributed by atoms with Gasteiger partial charge in [-0.1, -0.05) is 91.0 Å². The van der Waals surface area contributed by atoms with Gasteiger partial charge < -0.3 is 29.6 Å². The van der Waals surface area contributed by atoms with Gasteiger partial charge in [-0.15, -0.1) is 0 Å². The Morgan fingerprint density at radius 3 is 1.62 bits per heavy atom. The fourth-order valence-corrected chi connectivity index (χ4v) is 5.85. The van der Waals surface area contributed by atoms with Crippen molar-refractivity contribution in [3.63, 3.8) is 0 Å². The lowest BCUT2D eigenvalue weighted by atomic mass is 9.75. The molecule has 2 fully saturated rings. The Morgan fingerprint density at radius 1 is 0.723 bits per heavy atom. The minimum atomic E-state index is -1.65. The van der Waals surface area contributed by atoms with Crippen LogP contribution < -0.4 is 21.3 Å². The molecule has 2 aliphatic rings. The molecule has 0 aliphatic carbocycles. The van der Waals surface area contributed by atoms with Gasteiger partial charge in [-0.25, -0.2) is 0 Å². The van der Waals surface area contributed by atoms with Gasteiger partial charge in [0.05, 0.1) is 19.8 Å². The molecule has 12 heteroatoms. The first kappa shape index (κ1) is 33.7. The van der Waals surface area contributed by atoms with Crippen molar-refractivity contribution in [1.82, 2.24) is 21.3 Å². The van der Waals surface area contributed by atoms with E-state index in [1.807, 2.05) is 91.0 Å². The zero-order chi connectivity index (χ0) is 33.3. The largest absolute Gasteiger partial charge is 0.469 e. The molecule has 3 aromatic rings. The fourth-order valence-electron chi connectivity index (χ4n) is 5.85. The van der Waals surface area contributed by atoms with Crippen molar-refractivity contribution in [3.8, 4) is 0 Å². The Bertz CT molecular complexity index is 1430. The summed E-state index contributed by atoms with van der Waals surface area (Å²) >= 11 is 0. The number of methoxy groups -OCH3 is 2. The van der Waals surface area contributed by atoms with Crippen molar-refractivity contribution in [2.75, 3.05) is 27.4 Å². The number of esters is 2. The quantitative estimate of drug-likeness (QED) is 0.0565. The van der Waals surface area contributed by atoms with E-state index in [0.717, 1.165) is 16.7 Å². The lowest BCUT2D eigenvalue weighted by Gasteiger charge is -2.56. The summed E-state index contributed by atoms with van der Waals surface area (Å²) in [7, 11) is 2.64. The van der Waals surface area contributed by atoms with Crippen LogP contribution in [0.15, 0.2) is 91.0 Å². The van der Waals surface area contributed by atoms with Crippen LogP contribution in [0.4, 0.5) is 0 Å². The molecule has 2 aliphatic heterocycles. The summed E-state index contributed by atoms with van der Waals surface area (Å²) in [5.74, 6) is -1.53. The minimum Gasteiger partial charge on any atom is -0.469 e. The Labute approximate surface area is 273 Å². The molecule has 0 aromatic heterocycles. The van der Waals surface area contributed by atoms with Crippen molar-refractivity contribution in [2.45, 2.75) is 55.4 Å². The van der Waals surface area contributed by atoms with Crippen molar-refractivity contribution < 1.29 is 38.1 Å². The molecule has 0 bridgehead atoms. The van der Waals surface area contributed by atoms with E-state index in [0.29, 0.717) is 12.8 Å². The van der Waals surface area contributed by atoms with Gasteiger partial charge in [-0.05, 0) is 29.5 Å². The fraction of sp³-hybridized carbons (Fsp3) is 0.371. The van der Waals surface area contributed by atoms with Crippen molar-refractivity contribution in [3.05, 3.63) is 108 Å². The molecule has 4 atom stereocenters. The van der Waals surface area contributed by atoms with Crippen molar-refractivity contribution in [2.24, 2.45) is 0 Å². The maximum absolute atomic E-state index is 14.0. The highest BCUT2D eigenvalue weighted by molar-refractivity contribution is 5.96. The molecule has 12 nitrogen and oxygen atoms in total. The maximum atomic E-state index is 14.0. The number of benzene rings is 3. The third-order valence-corrected chi connectivity index (χ3v) is 8.36. The molecule has 47 heavy (non-hydrogen) atoms. The van der Waals surface area contributed by atoms with E-state index in [2.05, 4.69) is 21.3 Å². The first-order valence-corrected chi connectivity index (χ1v) is 15.6. The number of amides is 2. The molecule has 3 aromatic carbocycles. The number of carbonyl (C=O) groups excluding carboxylic acids is 4. The van der Waals surface area contributed by atoms with Crippen LogP contribution in [0.25, 0.3) is 0 Å². The maximum Gasteiger partial charge on any atom is 0.305 e. The van der Waals surface area contributed by atoms with E-state index in [1.165, 1.54) is 14.2 Å². The predicted molar refractivity (Wildman–Crippen MR) is 170 cm³/mol. The van der Waals surface area contributed by atoms with Crippen LogP contribution in [-0.2, 0) is 43.7 Å². The summed E-state index contributed by atoms with van der Waals surface area (Å²) in [6, 6.07) is 28.3. The van der Waals surface area contributed by atoms with Crippen LogP contribution in [0.3, 0.4) is 0 Å². The van der Waals surface area contributed by atoms with Gasteiger partial charge in [0.1, 0.15) is 6.04 Å². The lowest BCUT2D eigenvalue weighted by Crippen LogP contribution is -2.90. The van der Waals surface area contributed by atoms with Gasteiger partial charge in [0.2, 0.25) is 5.91 Å². The molecule has 0 saturated carbocycles. The number of β-lactam (4-membered cyclic amide) rings is 2. The standard InChI is InChI=1S/C35H40N4O8/c1-44-27(40)20-12-22-46-31-29(30(42)36-31)38-35(32(43)37-33(35)47-23-13-21-28(41)45-2)39-34(24-14-6-3-7-15-24,25-16-8-4-9-17-25)26-18-10-5-11-19-26/h3-11,14-19,29,31,33,38-39H,12-13,20-23H2,1-2H3,(H,36,42)(H,37,43)/t29-,31+,33?,35?/m1/s1. The van der Waals surface area contributed by atoms with E-state index in [4.69, 9.17) is 18.9 Å². The van der Waals surface area contributed by atoms with Gasteiger partial charge in [-0.2, -0.15) is 0 Å². The highest BCUT2D eigenvalue weighted by Gasteiger charge is 2.63. The summed E-state index contributed by atoms with van der Waals surface area (Å²) in [5.41, 5.74) is -0.230. The Hall–Kier alpha value is -4.62. The second-order valence-electron chi connectivity index (χ2n) is 11.3. The summed E-state index contributed by atoms with van der Waals surface area (Å²) in [6.45, 7) is 0.310. The van der Waals surface area contributed by atoms with E-state index >= 15 is 0 Å². The number of hydrogen-bond donors (Lipinski definition) is 4. The molecule has 2 amide bonds. The summed E-state index contributed by atoms with van der Waals surface area (Å²) in [4.78, 5) is 50.3.